The molecule has 1 aromatic rings. The number of aryl methyl sites for hydroxylation is 2. The second-order valence-corrected chi connectivity index (χ2v) is 4.56. The summed E-state index contributed by atoms with van der Waals surface area (Å²) in [7, 11) is 0. The minimum atomic E-state index is -0.706. The molecule has 2 heterocycles. The lowest BCUT2D eigenvalue weighted by Gasteiger charge is -2.20. The van der Waals surface area contributed by atoms with Crippen LogP contribution in [0.3, 0.4) is 0 Å². The molecule has 1 aromatic heterocycles. The van der Waals surface area contributed by atoms with Crippen molar-refractivity contribution in [2.45, 2.75) is 45.8 Å². The lowest BCUT2D eigenvalue weighted by Crippen LogP contribution is -2.35. The number of rotatable bonds is 4. The molecule has 17 heavy (non-hydrogen) atoms. The summed E-state index contributed by atoms with van der Waals surface area (Å²) >= 11 is 0. The van der Waals surface area contributed by atoms with Crippen molar-refractivity contribution in [1.29, 1.82) is 0 Å². The topological polar surface area (TPSA) is 58.4 Å². The number of carboxylic acid groups (broad SMARTS) is 1. The molecule has 5 nitrogen and oxygen atoms in total. The van der Waals surface area contributed by atoms with Crippen molar-refractivity contribution in [3.8, 4) is 0 Å². The zero-order valence-electron chi connectivity index (χ0n) is 10.4. The van der Waals surface area contributed by atoms with Crippen LogP contribution in [0.5, 0.6) is 0 Å². The van der Waals surface area contributed by atoms with Crippen molar-refractivity contribution in [3.05, 3.63) is 17.5 Å². The van der Waals surface area contributed by atoms with E-state index in [9.17, 15) is 4.79 Å². The number of carboxylic acids is 1. The van der Waals surface area contributed by atoms with E-state index in [2.05, 4.69) is 5.10 Å². The fourth-order valence-corrected chi connectivity index (χ4v) is 2.39. The zero-order chi connectivity index (χ0) is 12.4. The smallest absolute Gasteiger partial charge is 0.320 e. The predicted octanol–water partition coefficient (Wildman–Crippen LogP) is 1.26. The summed E-state index contributed by atoms with van der Waals surface area (Å²) in [5.41, 5.74) is 2.14. The van der Waals surface area contributed by atoms with Crippen molar-refractivity contribution < 1.29 is 9.90 Å². The minimum absolute atomic E-state index is 0.320. The highest BCUT2D eigenvalue weighted by atomic mass is 16.4. The van der Waals surface area contributed by atoms with Crippen LogP contribution in [0, 0.1) is 6.92 Å². The van der Waals surface area contributed by atoms with E-state index in [-0.39, 0.29) is 6.04 Å². The lowest BCUT2D eigenvalue weighted by molar-refractivity contribution is -0.142. The summed E-state index contributed by atoms with van der Waals surface area (Å²) < 4.78 is 1.90. The maximum Gasteiger partial charge on any atom is 0.320 e. The van der Waals surface area contributed by atoms with E-state index in [1.54, 1.807) is 0 Å². The second-order valence-electron chi connectivity index (χ2n) is 4.56. The number of aliphatic carboxylic acids is 1. The van der Waals surface area contributed by atoms with E-state index < -0.39 is 5.97 Å². The molecule has 0 saturated carbocycles. The number of aromatic nitrogens is 2. The fourth-order valence-electron chi connectivity index (χ4n) is 2.39. The summed E-state index contributed by atoms with van der Waals surface area (Å²) in [5.74, 6) is -0.706. The summed E-state index contributed by atoms with van der Waals surface area (Å²) in [6.07, 6.45) is 3.75. The van der Waals surface area contributed by atoms with Crippen LogP contribution in [-0.4, -0.2) is 38.3 Å². The van der Waals surface area contributed by atoms with E-state index in [0.29, 0.717) is 6.54 Å². The Morgan fingerprint density at radius 3 is 3.00 bits per heavy atom. The van der Waals surface area contributed by atoms with Gasteiger partial charge in [-0.25, -0.2) is 0 Å². The van der Waals surface area contributed by atoms with E-state index in [1.165, 1.54) is 0 Å². The Morgan fingerprint density at radius 2 is 2.41 bits per heavy atom. The van der Waals surface area contributed by atoms with Crippen molar-refractivity contribution in [3.63, 3.8) is 0 Å². The Morgan fingerprint density at radius 1 is 1.65 bits per heavy atom. The van der Waals surface area contributed by atoms with E-state index in [4.69, 9.17) is 5.11 Å². The molecule has 1 unspecified atom stereocenters. The molecule has 0 amide bonds. The molecule has 0 spiro atoms. The molecule has 2 rings (SSSR count). The number of nitrogens with zero attached hydrogens (tertiary/aromatic N) is 3. The van der Waals surface area contributed by atoms with Gasteiger partial charge in [0.15, 0.2) is 0 Å². The molecular formula is C12H19N3O2. The molecule has 1 saturated heterocycles. The number of likely N-dealkylation sites (tertiary alicyclic amines) is 1. The molecular weight excluding hydrogens is 218 g/mol. The Balaban J connectivity index is 2.09. The standard InChI is InChI=1S/C12H19N3O2/c1-3-15-8-10(9(2)13-15)7-14-6-4-5-11(14)12(16)17/h8,11H,3-7H2,1-2H3,(H,16,17). The van der Waals surface area contributed by atoms with Crippen molar-refractivity contribution in [2.24, 2.45) is 0 Å². The third-order valence-electron chi connectivity index (χ3n) is 3.39. The van der Waals surface area contributed by atoms with Gasteiger partial charge in [0, 0.05) is 24.8 Å². The van der Waals surface area contributed by atoms with Gasteiger partial charge in [-0.2, -0.15) is 5.10 Å². The van der Waals surface area contributed by atoms with Gasteiger partial charge in [-0.15, -0.1) is 0 Å². The highest BCUT2D eigenvalue weighted by molar-refractivity contribution is 5.73. The molecule has 5 heteroatoms. The zero-order valence-corrected chi connectivity index (χ0v) is 10.4. The fraction of sp³-hybridized carbons (Fsp3) is 0.667. The summed E-state index contributed by atoms with van der Waals surface area (Å²) in [4.78, 5) is 13.1. The van der Waals surface area contributed by atoms with E-state index in [1.807, 2.05) is 29.6 Å². The number of hydrogen-bond donors (Lipinski definition) is 1. The molecule has 94 valence electrons. The normalized spacial score (nSPS) is 20.9. The molecule has 0 aromatic carbocycles. The Bertz CT molecular complexity index is 414. The molecule has 1 N–H and O–H groups in total. The number of hydrogen-bond acceptors (Lipinski definition) is 3. The molecule has 1 aliphatic heterocycles. The molecule has 0 aliphatic carbocycles. The van der Waals surface area contributed by atoms with Gasteiger partial charge in [-0.05, 0) is 33.2 Å². The second kappa shape index (κ2) is 4.87. The van der Waals surface area contributed by atoms with Crippen LogP contribution in [0.1, 0.15) is 31.0 Å². The van der Waals surface area contributed by atoms with Gasteiger partial charge in [0.25, 0.3) is 0 Å². The molecule has 1 fully saturated rings. The average Bonchev–Trinajstić information content (AvgIpc) is 2.87. The van der Waals surface area contributed by atoms with Crippen molar-refractivity contribution >= 4 is 5.97 Å². The van der Waals surface area contributed by atoms with Gasteiger partial charge >= 0.3 is 5.97 Å². The average molecular weight is 237 g/mol. The maximum absolute atomic E-state index is 11.1. The molecule has 1 atom stereocenters. The first-order chi connectivity index (χ1) is 8.11. The van der Waals surface area contributed by atoms with E-state index >= 15 is 0 Å². The van der Waals surface area contributed by atoms with Crippen LogP contribution >= 0.6 is 0 Å². The van der Waals surface area contributed by atoms with Crippen LogP contribution in [-0.2, 0) is 17.9 Å². The first kappa shape index (κ1) is 12.1. The molecule has 0 radical (unpaired) electrons. The first-order valence-electron chi connectivity index (χ1n) is 6.11. The predicted molar refractivity (Wildman–Crippen MR) is 63.7 cm³/mol. The number of carbonyl (C=O) groups is 1. The van der Waals surface area contributed by atoms with Crippen molar-refractivity contribution in [2.75, 3.05) is 6.54 Å². The monoisotopic (exact) mass is 237 g/mol. The summed E-state index contributed by atoms with van der Waals surface area (Å²) in [6.45, 7) is 6.44. The highest BCUT2D eigenvalue weighted by Gasteiger charge is 2.30. The summed E-state index contributed by atoms with van der Waals surface area (Å²) in [5, 5.41) is 13.5. The van der Waals surface area contributed by atoms with Crippen LogP contribution in [0.15, 0.2) is 6.20 Å². The first-order valence-corrected chi connectivity index (χ1v) is 6.11. The van der Waals surface area contributed by atoms with Crippen LogP contribution in [0.2, 0.25) is 0 Å². The minimum Gasteiger partial charge on any atom is -0.480 e. The Labute approximate surface area is 101 Å². The van der Waals surface area contributed by atoms with E-state index in [0.717, 1.165) is 37.2 Å². The van der Waals surface area contributed by atoms with Crippen LogP contribution in [0.4, 0.5) is 0 Å². The largest absolute Gasteiger partial charge is 0.480 e. The summed E-state index contributed by atoms with van der Waals surface area (Å²) in [6, 6.07) is -0.320. The van der Waals surface area contributed by atoms with Crippen molar-refractivity contribution in [1.82, 2.24) is 14.7 Å². The van der Waals surface area contributed by atoms with Gasteiger partial charge in [-0.3, -0.25) is 14.4 Å². The van der Waals surface area contributed by atoms with Gasteiger partial charge in [0.2, 0.25) is 0 Å². The van der Waals surface area contributed by atoms with Gasteiger partial charge in [-0.1, -0.05) is 0 Å². The third kappa shape index (κ3) is 2.49. The quantitative estimate of drug-likeness (QED) is 0.856. The Kier molecular flexibility index (Phi) is 3.47. The van der Waals surface area contributed by atoms with Gasteiger partial charge in [0.05, 0.1) is 5.69 Å². The SMILES string of the molecule is CCn1cc(CN2CCCC2C(=O)O)c(C)n1. The van der Waals surface area contributed by atoms with Gasteiger partial charge in [0.1, 0.15) is 6.04 Å². The van der Waals surface area contributed by atoms with Crippen LogP contribution in [0.25, 0.3) is 0 Å². The Hall–Kier alpha value is -1.36. The third-order valence-corrected chi connectivity index (χ3v) is 3.39. The maximum atomic E-state index is 11.1. The lowest BCUT2D eigenvalue weighted by atomic mass is 10.2. The molecule has 1 aliphatic rings. The van der Waals surface area contributed by atoms with Crippen LogP contribution < -0.4 is 0 Å². The highest BCUT2D eigenvalue weighted by Crippen LogP contribution is 2.21. The van der Waals surface area contributed by atoms with Gasteiger partial charge < -0.3 is 5.11 Å². The molecule has 0 bridgehead atoms.